The van der Waals surface area contributed by atoms with E-state index in [9.17, 15) is 9.59 Å². The predicted molar refractivity (Wildman–Crippen MR) is 94.0 cm³/mol. The van der Waals surface area contributed by atoms with E-state index in [-0.39, 0.29) is 42.7 Å². The molecule has 3 amide bonds. The van der Waals surface area contributed by atoms with Gasteiger partial charge in [0.1, 0.15) is 17.6 Å². The van der Waals surface area contributed by atoms with Crippen molar-refractivity contribution in [3.63, 3.8) is 0 Å². The molecular formula is C20H22N2O5. The minimum absolute atomic E-state index is 0.0205. The van der Waals surface area contributed by atoms with Gasteiger partial charge in [-0.05, 0) is 37.5 Å². The molecule has 2 aliphatic carbocycles. The Labute approximate surface area is 156 Å². The highest BCUT2D eigenvalue weighted by Crippen LogP contribution is 2.59. The van der Waals surface area contributed by atoms with Gasteiger partial charge in [-0.15, -0.1) is 0 Å². The first-order chi connectivity index (χ1) is 13.0. The standard InChI is InChI=1S/C20H22N2O5/c1-11-4-14-16(19(2-3-19)8-26-14)15(5-11)27-13-6-12(7-13)22-17(23)20(9-25-10-20)21-18(22)24/h4-5,12-13H,2-3,6-10H2,1H3,(H,21,24). The lowest BCUT2D eigenvalue weighted by Crippen LogP contribution is -2.63. The van der Waals surface area contributed by atoms with Gasteiger partial charge in [-0.25, -0.2) is 4.79 Å². The number of nitrogens with zero attached hydrogens (tertiary/aromatic N) is 1. The first kappa shape index (κ1) is 15.7. The van der Waals surface area contributed by atoms with Gasteiger partial charge in [0, 0.05) is 29.9 Å². The number of imide groups is 1. The molecule has 4 fully saturated rings. The molecule has 1 aromatic carbocycles. The molecule has 2 spiro atoms. The number of carbonyl (C=O) groups excluding carboxylic acids is 2. The maximum Gasteiger partial charge on any atom is 0.325 e. The Balaban J connectivity index is 1.18. The number of ether oxygens (including phenoxy) is 3. The lowest BCUT2D eigenvalue weighted by Gasteiger charge is -2.41. The maximum absolute atomic E-state index is 12.6. The third-order valence-corrected chi connectivity index (χ3v) is 6.72. The van der Waals surface area contributed by atoms with E-state index in [0.717, 1.165) is 36.5 Å². The summed E-state index contributed by atoms with van der Waals surface area (Å²) in [6.07, 6.45) is 3.67. The lowest BCUT2D eigenvalue weighted by atomic mass is 9.86. The largest absolute Gasteiger partial charge is 0.492 e. The first-order valence-corrected chi connectivity index (χ1v) is 9.68. The van der Waals surface area contributed by atoms with Crippen molar-refractivity contribution < 1.29 is 23.8 Å². The molecule has 7 heteroatoms. The number of hydrogen-bond donors (Lipinski definition) is 1. The second-order valence-corrected chi connectivity index (χ2v) is 8.75. The molecule has 5 aliphatic rings. The lowest BCUT2D eigenvalue weighted by molar-refractivity contribution is -0.151. The van der Waals surface area contributed by atoms with Crippen molar-refractivity contribution in [1.29, 1.82) is 0 Å². The van der Waals surface area contributed by atoms with E-state index in [1.165, 1.54) is 10.5 Å². The van der Waals surface area contributed by atoms with Crippen LogP contribution in [0.5, 0.6) is 11.5 Å². The van der Waals surface area contributed by atoms with Gasteiger partial charge in [0.05, 0.1) is 19.8 Å². The summed E-state index contributed by atoms with van der Waals surface area (Å²) in [6, 6.07) is 3.79. The van der Waals surface area contributed by atoms with E-state index in [1.54, 1.807) is 0 Å². The smallest absolute Gasteiger partial charge is 0.325 e. The van der Waals surface area contributed by atoms with Crippen molar-refractivity contribution in [2.75, 3.05) is 19.8 Å². The van der Waals surface area contributed by atoms with Crippen molar-refractivity contribution in [2.45, 2.75) is 55.7 Å². The molecule has 0 unspecified atom stereocenters. The summed E-state index contributed by atoms with van der Waals surface area (Å²) in [7, 11) is 0. The predicted octanol–water partition coefficient (Wildman–Crippen LogP) is 1.65. The van der Waals surface area contributed by atoms with Gasteiger partial charge in [0.15, 0.2) is 5.54 Å². The summed E-state index contributed by atoms with van der Waals surface area (Å²) >= 11 is 0. The highest BCUT2D eigenvalue weighted by atomic mass is 16.5. The molecule has 6 rings (SSSR count). The molecule has 2 saturated heterocycles. The van der Waals surface area contributed by atoms with Gasteiger partial charge in [0.25, 0.3) is 5.91 Å². The molecule has 3 aliphatic heterocycles. The zero-order valence-electron chi connectivity index (χ0n) is 15.2. The number of amides is 3. The van der Waals surface area contributed by atoms with Crippen molar-refractivity contribution in [2.24, 2.45) is 0 Å². The molecule has 0 radical (unpaired) electrons. The fourth-order valence-electron chi connectivity index (χ4n) is 4.78. The summed E-state index contributed by atoms with van der Waals surface area (Å²) in [5.41, 5.74) is 1.69. The third kappa shape index (κ3) is 2.06. The summed E-state index contributed by atoms with van der Waals surface area (Å²) in [5.74, 6) is 1.73. The van der Waals surface area contributed by atoms with Crippen LogP contribution in [0.15, 0.2) is 12.1 Å². The highest BCUT2D eigenvalue weighted by Gasteiger charge is 2.59. The van der Waals surface area contributed by atoms with Crippen LogP contribution in [0.2, 0.25) is 0 Å². The molecule has 1 aromatic rings. The molecule has 0 bridgehead atoms. The Morgan fingerprint density at radius 2 is 1.96 bits per heavy atom. The van der Waals surface area contributed by atoms with Crippen molar-refractivity contribution in [1.82, 2.24) is 10.2 Å². The van der Waals surface area contributed by atoms with E-state index in [2.05, 4.69) is 17.4 Å². The van der Waals surface area contributed by atoms with Gasteiger partial charge >= 0.3 is 6.03 Å². The Morgan fingerprint density at radius 1 is 1.19 bits per heavy atom. The molecule has 27 heavy (non-hydrogen) atoms. The van der Waals surface area contributed by atoms with Crippen LogP contribution in [0.3, 0.4) is 0 Å². The Bertz CT molecular complexity index is 867. The minimum Gasteiger partial charge on any atom is -0.492 e. The van der Waals surface area contributed by atoms with Gasteiger partial charge in [-0.3, -0.25) is 9.69 Å². The normalized spacial score (nSPS) is 31.2. The van der Waals surface area contributed by atoms with Gasteiger partial charge in [0.2, 0.25) is 0 Å². The Hall–Kier alpha value is -2.28. The summed E-state index contributed by atoms with van der Waals surface area (Å²) in [4.78, 5) is 26.3. The quantitative estimate of drug-likeness (QED) is 0.819. The topological polar surface area (TPSA) is 77.1 Å². The van der Waals surface area contributed by atoms with Crippen LogP contribution < -0.4 is 14.8 Å². The third-order valence-electron chi connectivity index (χ3n) is 6.72. The van der Waals surface area contributed by atoms with Crippen LogP contribution >= 0.6 is 0 Å². The van der Waals surface area contributed by atoms with Gasteiger partial charge in [-0.2, -0.15) is 0 Å². The molecule has 2 saturated carbocycles. The molecule has 0 atom stereocenters. The Morgan fingerprint density at radius 3 is 2.59 bits per heavy atom. The number of rotatable bonds is 3. The van der Waals surface area contributed by atoms with Crippen LogP contribution in [-0.2, 0) is 14.9 Å². The average molecular weight is 370 g/mol. The van der Waals surface area contributed by atoms with Crippen LogP contribution in [-0.4, -0.2) is 54.3 Å². The van der Waals surface area contributed by atoms with Gasteiger partial charge in [-0.1, -0.05) is 0 Å². The molecule has 1 N–H and O–H groups in total. The SMILES string of the molecule is Cc1cc2c(c(OC3CC(N4C(=O)NC5(COC5)C4=O)C3)c1)C1(CC1)CO2. The summed E-state index contributed by atoms with van der Waals surface area (Å²) < 4.78 is 17.4. The second-order valence-electron chi connectivity index (χ2n) is 8.75. The molecule has 3 heterocycles. The van der Waals surface area contributed by atoms with Crippen molar-refractivity contribution >= 4 is 11.9 Å². The van der Waals surface area contributed by atoms with Crippen LogP contribution in [0, 0.1) is 6.92 Å². The number of hydrogen-bond acceptors (Lipinski definition) is 5. The Kier molecular flexibility index (Phi) is 2.89. The molecule has 7 nitrogen and oxygen atoms in total. The van der Waals surface area contributed by atoms with Crippen LogP contribution in [0.25, 0.3) is 0 Å². The van der Waals surface area contributed by atoms with Crippen LogP contribution in [0.4, 0.5) is 4.79 Å². The number of nitrogens with one attached hydrogen (secondary N) is 1. The highest BCUT2D eigenvalue weighted by molar-refractivity contribution is 6.08. The fourth-order valence-corrected chi connectivity index (χ4v) is 4.78. The van der Waals surface area contributed by atoms with E-state index < -0.39 is 5.54 Å². The van der Waals surface area contributed by atoms with Crippen molar-refractivity contribution in [3.05, 3.63) is 23.3 Å². The second kappa shape index (κ2) is 4.95. The summed E-state index contributed by atoms with van der Waals surface area (Å²) in [6.45, 7) is 3.35. The number of aryl methyl sites for hydroxylation is 1. The monoisotopic (exact) mass is 370 g/mol. The average Bonchev–Trinajstić information content (AvgIpc) is 3.16. The van der Waals surface area contributed by atoms with Crippen molar-refractivity contribution in [3.8, 4) is 11.5 Å². The number of urea groups is 1. The number of carbonyl (C=O) groups is 2. The minimum atomic E-state index is -0.809. The van der Waals surface area contributed by atoms with E-state index in [4.69, 9.17) is 14.2 Å². The first-order valence-electron chi connectivity index (χ1n) is 9.68. The zero-order valence-corrected chi connectivity index (χ0v) is 15.2. The fraction of sp³-hybridized carbons (Fsp3) is 0.600. The van der Waals surface area contributed by atoms with E-state index in [0.29, 0.717) is 12.8 Å². The van der Waals surface area contributed by atoms with E-state index >= 15 is 0 Å². The van der Waals surface area contributed by atoms with E-state index in [1.807, 2.05) is 6.92 Å². The molecule has 0 aromatic heterocycles. The summed E-state index contributed by atoms with van der Waals surface area (Å²) in [5, 5.41) is 2.80. The molecular weight excluding hydrogens is 348 g/mol. The zero-order chi connectivity index (χ0) is 18.4. The number of benzene rings is 1. The maximum atomic E-state index is 12.6. The molecule has 142 valence electrons. The van der Waals surface area contributed by atoms with Crippen LogP contribution in [0.1, 0.15) is 36.8 Å². The van der Waals surface area contributed by atoms with Gasteiger partial charge < -0.3 is 19.5 Å². The number of fused-ring (bicyclic) bond motifs is 2.